The highest BCUT2D eigenvalue weighted by Crippen LogP contribution is 2.18. The zero-order valence-corrected chi connectivity index (χ0v) is 12.4. The summed E-state index contributed by atoms with van der Waals surface area (Å²) in [6, 6.07) is 8.65. The number of halogens is 1. The van der Waals surface area contributed by atoms with E-state index in [0.29, 0.717) is 6.04 Å². The van der Waals surface area contributed by atoms with E-state index in [0.717, 1.165) is 11.6 Å². The van der Waals surface area contributed by atoms with E-state index < -0.39 is 0 Å². The summed E-state index contributed by atoms with van der Waals surface area (Å²) < 4.78 is 2.18. The first-order valence-electron chi connectivity index (χ1n) is 6.57. The van der Waals surface area contributed by atoms with Crippen LogP contribution in [0.25, 0.3) is 0 Å². The lowest BCUT2D eigenvalue weighted by atomic mass is 10.1. The molecule has 2 rings (SSSR count). The van der Waals surface area contributed by atoms with Crippen LogP contribution in [-0.2, 0) is 6.54 Å². The first kappa shape index (κ1) is 14.1. The highest BCUT2D eigenvalue weighted by atomic mass is 35.5. The maximum absolute atomic E-state index is 6.01. The average Bonchev–Trinajstić information content (AvgIpc) is 2.84. The quantitative estimate of drug-likeness (QED) is 0.896. The van der Waals surface area contributed by atoms with E-state index in [-0.39, 0.29) is 6.04 Å². The minimum Gasteiger partial charge on any atom is -0.331 e. The highest BCUT2D eigenvalue weighted by molar-refractivity contribution is 6.30. The summed E-state index contributed by atoms with van der Waals surface area (Å²) in [5.41, 5.74) is 2.40. The molecule has 0 aliphatic rings. The van der Waals surface area contributed by atoms with Gasteiger partial charge in [-0.1, -0.05) is 23.7 Å². The first-order valence-corrected chi connectivity index (χ1v) is 6.95. The fourth-order valence-corrected chi connectivity index (χ4v) is 2.28. The molecule has 0 amide bonds. The van der Waals surface area contributed by atoms with Crippen molar-refractivity contribution >= 4 is 11.6 Å². The van der Waals surface area contributed by atoms with Crippen molar-refractivity contribution in [1.82, 2.24) is 14.9 Å². The van der Waals surface area contributed by atoms with Crippen LogP contribution >= 0.6 is 11.6 Å². The molecule has 2 aromatic rings. The van der Waals surface area contributed by atoms with Gasteiger partial charge in [0.2, 0.25) is 0 Å². The summed E-state index contributed by atoms with van der Waals surface area (Å²) in [5, 5.41) is 4.28. The van der Waals surface area contributed by atoms with Gasteiger partial charge in [-0.05, 0) is 38.5 Å². The molecule has 0 bridgehead atoms. The Morgan fingerprint density at radius 2 is 2.11 bits per heavy atom. The maximum Gasteiger partial charge on any atom is 0.0951 e. The number of rotatable bonds is 5. The zero-order valence-electron chi connectivity index (χ0n) is 11.6. The Kier molecular flexibility index (Phi) is 4.61. The van der Waals surface area contributed by atoms with Gasteiger partial charge in [0.1, 0.15) is 0 Å². The van der Waals surface area contributed by atoms with Crippen LogP contribution in [0.2, 0.25) is 5.02 Å². The molecular weight excluding hydrogens is 258 g/mol. The lowest BCUT2D eigenvalue weighted by molar-refractivity contribution is 0.518. The van der Waals surface area contributed by atoms with Gasteiger partial charge in [0.15, 0.2) is 0 Å². The van der Waals surface area contributed by atoms with Crippen molar-refractivity contribution in [3.8, 4) is 0 Å². The third-order valence-corrected chi connectivity index (χ3v) is 3.48. The molecular formula is C15H20ClN3. The van der Waals surface area contributed by atoms with Gasteiger partial charge >= 0.3 is 0 Å². The molecule has 1 aromatic heterocycles. The first-order chi connectivity index (χ1) is 9.08. The Morgan fingerprint density at radius 3 is 2.79 bits per heavy atom. The van der Waals surface area contributed by atoms with Crippen molar-refractivity contribution in [3.05, 3.63) is 53.1 Å². The van der Waals surface area contributed by atoms with E-state index in [2.05, 4.69) is 41.7 Å². The molecule has 0 aliphatic carbocycles. The fraction of sp³-hybridized carbons (Fsp3) is 0.400. The summed E-state index contributed by atoms with van der Waals surface area (Å²) in [4.78, 5) is 4.21. The summed E-state index contributed by atoms with van der Waals surface area (Å²) in [6.07, 6.45) is 3.80. The van der Waals surface area contributed by atoms with Crippen LogP contribution in [0, 0.1) is 0 Å². The number of benzene rings is 1. The second-order valence-corrected chi connectivity index (χ2v) is 5.48. The summed E-state index contributed by atoms with van der Waals surface area (Å²) in [7, 11) is 0. The average molecular weight is 278 g/mol. The van der Waals surface area contributed by atoms with Gasteiger partial charge in [0, 0.05) is 29.8 Å². The van der Waals surface area contributed by atoms with Crippen LogP contribution in [0.15, 0.2) is 36.8 Å². The highest BCUT2D eigenvalue weighted by Gasteiger charge is 2.09. The Bertz CT molecular complexity index is 534. The van der Waals surface area contributed by atoms with Crippen LogP contribution in [0.1, 0.15) is 44.1 Å². The second kappa shape index (κ2) is 6.22. The van der Waals surface area contributed by atoms with Crippen molar-refractivity contribution < 1.29 is 0 Å². The summed E-state index contributed by atoms with van der Waals surface area (Å²) >= 11 is 6.01. The van der Waals surface area contributed by atoms with Crippen molar-refractivity contribution in [2.45, 2.75) is 39.4 Å². The Labute approximate surface area is 119 Å². The van der Waals surface area contributed by atoms with Gasteiger partial charge in [-0.2, -0.15) is 0 Å². The number of aromatic nitrogens is 2. The van der Waals surface area contributed by atoms with Crippen molar-refractivity contribution in [2.75, 3.05) is 0 Å². The second-order valence-electron chi connectivity index (χ2n) is 5.04. The normalized spacial score (nSPS) is 12.9. The topological polar surface area (TPSA) is 29.9 Å². The lowest BCUT2D eigenvalue weighted by Gasteiger charge is -2.17. The minimum absolute atomic E-state index is 0.259. The molecule has 0 unspecified atom stereocenters. The molecule has 0 saturated carbocycles. The van der Waals surface area contributed by atoms with E-state index in [4.69, 9.17) is 11.6 Å². The van der Waals surface area contributed by atoms with Crippen molar-refractivity contribution in [2.24, 2.45) is 0 Å². The van der Waals surface area contributed by atoms with E-state index in [1.165, 1.54) is 11.3 Å². The third-order valence-electron chi connectivity index (χ3n) is 3.24. The Hall–Kier alpha value is -1.32. The van der Waals surface area contributed by atoms with Crippen LogP contribution in [0.4, 0.5) is 0 Å². The van der Waals surface area contributed by atoms with Crippen molar-refractivity contribution in [3.63, 3.8) is 0 Å². The Morgan fingerprint density at radius 1 is 1.32 bits per heavy atom. The third kappa shape index (κ3) is 3.58. The number of nitrogens with zero attached hydrogens (tertiary/aromatic N) is 2. The van der Waals surface area contributed by atoms with Crippen LogP contribution < -0.4 is 5.32 Å². The van der Waals surface area contributed by atoms with Crippen LogP contribution in [0.3, 0.4) is 0 Å². The van der Waals surface area contributed by atoms with Gasteiger partial charge in [-0.15, -0.1) is 0 Å². The molecule has 3 nitrogen and oxygen atoms in total. The molecule has 0 radical (unpaired) electrons. The molecule has 1 heterocycles. The summed E-state index contributed by atoms with van der Waals surface area (Å²) in [5.74, 6) is 0. The van der Waals surface area contributed by atoms with Crippen LogP contribution in [-0.4, -0.2) is 9.55 Å². The predicted octanol–water partition coefficient (Wildman–Crippen LogP) is 3.97. The Balaban J connectivity index is 2.00. The fourth-order valence-electron chi connectivity index (χ4n) is 2.09. The molecule has 102 valence electrons. The zero-order chi connectivity index (χ0) is 13.8. The molecule has 1 aromatic carbocycles. The van der Waals surface area contributed by atoms with E-state index in [1.807, 2.05) is 30.7 Å². The monoisotopic (exact) mass is 277 g/mol. The van der Waals surface area contributed by atoms with E-state index >= 15 is 0 Å². The van der Waals surface area contributed by atoms with Gasteiger partial charge < -0.3 is 9.88 Å². The van der Waals surface area contributed by atoms with E-state index in [1.54, 1.807) is 0 Å². The number of nitrogens with one attached hydrogen (secondary N) is 1. The summed E-state index contributed by atoms with van der Waals surface area (Å²) in [6.45, 7) is 7.25. The lowest BCUT2D eigenvalue weighted by Crippen LogP contribution is -2.20. The van der Waals surface area contributed by atoms with Gasteiger partial charge in [0.25, 0.3) is 0 Å². The molecule has 0 saturated heterocycles. The molecule has 0 aliphatic heterocycles. The maximum atomic E-state index is 6.01. The molecule has 0 spiro atoms. The van der Waals surface area contributed by atoms with Crippen LogP contribution in [0.5, 0.6) is 0 Å². The van der Waals surface area contributed by atoms with Crippen molar-refractivity contribution in [1.29, 1.82) is 0 Å². The molecule has 0 fully saturated rings. The number of hydrogen-bond donors (Lipinski definition) is 1. The van der Waals surface area contributed by atoms with Gasteiger partial charge in [-0.25, -0.2) is 4.98 Å². The smallest absolute Gasteiger partial charge is 0.0951 e. The predicted molar refractivity (Wildman–Crippen MR) is 79.3 cm³/mol. The van der Waals surface area contributed by atoms with Gasteiger partial charge in [0.05, 0.1) is 12.0 Å². The molecule has 1 N–H and O–H groups in total. The largest absolute Gasteiger partial charge is 0.331 e. The van der Waals surface area contributed by atoms with E-state index in [9.17, 15) is 0 Å². The SMILES string of the molecule is CC(C)n1cncc1CN[C@@H](C)c1cccc(Cl)c1. The minimum atomic E-state index is 0.259. The standard InChI is InChI=1S/C15H20ClN3/c1-11(2)19-10-17-8-15(19)9-18-12(3)13-5-4-6-14(16)7-13/h4-8,10-12,18H,9H2,1-3H3/t12-/m0/s1. The van der Waals surface area contributed by atoms with Gasteiger partial charge in [-0.3, -0.25) is 0 Å². The molecule has 19 heavy (non-hydrogen) atoms. The molecule has 1 atom stereocenters. The number of imidazole rings is 1. The number of hydrogen-bond acceptors (Lipinski definition) is 2. The molecule has 4 heteroatoms.